The maximum absolute atomic E-state index is 11.6. The van der Waals surface area contributed by atoms with Crippen LogP contribution in [0.4, 0.5) is 0 Å². The monoisotopic (exact) mass is 243 g/mol. The second-order valence-corrected chi connectivity index (χ2v) is 4.29. The molecule has 1 heterocycles. The third-order valence-corrected chi connectivity index (χ3v) is 3.16. The van der Waals surface area contributed by atoms with Crippen molar-refractivity contribution in [3.8, 4) is 0 Å². The van der Waals surface area contributed by atoms with Gasteiger partial charge in [0.2, 0.25) is 0 Å². The van der Waals surface area contributed by atoms with E-state index in [1.165, 1.54) is 7.11 Å². The van der Waals surface area contributed by atoms with E-state index in [9.17, 15) is 9.59 Å². The van der Waals surface area contributed by atoms with Gasteiger partial charge in [-0.25, -0.2) is 0 Å². The van der Waals surface area contributed by atoms with Crippen molar-refractivity contribution in [3.05, 3.63) is 0 Å². The second kappa shape index (κ2) is 6.59. The van der Waals surface area contributed by atoms with Gasteiger partial charge in [0, 0.05) is 6.54 Å². The first-order valence-corrected chi connectivity index (χ1v) is 6.08. The molecule has 1 rings (SSSR count). The third kappa shape index (κ3) is 3.70. The number of hydrogen-bond donors (Lipinski definition) is 0. The summed E-state index contributed by atoms with van der Waals surface area (Å²) in [4.78, 5) is 25.1. The molecule has 1 saturated heterocycles. The lowest BCUT2D eigenvalue weighted by Gasteiger charge is -2.34. The number of ether oxygens (including phenoxy) is 2. The summed E-state index contributed by atoms with van der Waals surface area (Å²) in [5, 5.41) is 0. The van der Waals surface area contributed by atoms with E-state index >= 15 is 0 Å². The minimum Gasteiger partial charge on any atom is -0.469 e. The fraction of sp³-hybridized carbons (Fsp3) is 0.833. The van der Waals surface area contributed by atoms with Gasteiger partial charge in [0.25, 0.3) is 0 Å². The van der Waals surface area contributed by atoms with Gasteiger partial charge < -0.3 is 9.47 Å². The van der Waals surface area contributed by atoms with Crippen LogP contribution < -0.4 is 0 Å². The molecule has 0 N–H and O–H groups in total. The number of rotatable bonds is 4. The smallest absolute Gasteiger partial charge is 0.323 e. The van der Waals surface area contributed by atoms with E-state index in [0.29, 0.717) is 13.2 Å². The maximum atomic E-state index is 11.6. The molecule has 5 nitrogen and oxygen atoms in total. The molecule has 17 heavy (non-hydrogen) atoms. The highest BCUT2D eigenvalue weighted by Crippen LogP contribution is 2.20. The molecule has 0 bridgehead atoms. The number of methoxy groups -OCH3 is 1. The first kappa shape index (κ1) is 14.0. The average molecular weight is 243 g/mol. The van der Waals surface area contributed by atoms with Gasteiger partial charge in [-0.15, -0.1) is 0 Å². The van der Waals surface area contributed by atoms with Crippen LogP contribution in [0.5, 0.6) is 0 Å². The van der Waals surface area contributed by atoms with Crippen molar-refractivity contribution in [1.82, 2.24) is 4.90 Å². The minimum absolute atomic E-state index is 0.120. The van der Waals surface area contributed by atoms with Crippen molar-refractivity contribution >= 4 is 11.9 Å². The Balaban J connectivity index is 2.54. The van der Waals surface area contributed by atoms with E-state index in [1.54, 1.807) is 6.92 Å². The zero-order chi connectivity index (χ0) is 12.8. The number of esters is 2. The van der Waals surface area contributed by atoms with Crippen molar-refractivity contribution in [2.24, 2.45) is 5.92 Å². The van der Waals surface area contributed by atoms with E-state index < -0.39 is 0 Å². The Hall–Kier alpha value is -1.10. The predicted octanol–water partition coefficient (Wildman–Crippen LogP) is 0.823. The molecule has 2 atom stereocenters. The molecule has 0 radical (unpaired) electrons. The molecular formula is C12H21NO4. The molecule has 1 fully saturated rings. The Kier molecular flexibility index (Phi) is 5.41. The molecule has 0 saturated carbocycles. The number of carbonyl (C=O) groups excluding carboxylic acids is 2. The molecule has 0 spiro atoms. The third-order valence-electron chi connectivity index (χ3n) is 3.16. The summed E-state index contributed by atoms with van der Waals surface area (Å²) in [7, 11) is 1.40. The Morgan fingerprint density at radius 2 is 2.18 bits per heavy atom. The van der Waals surface area contributed by atoms with Gasteiger partial charge in [-0.1, -0.05) is 0 Å². The Bertz CT molecular complexity index is 280. The highest BCUT2D eigenvalue weighted by Gasteiger charge is 2.31. The van der Waals surface area contributed by atoms with Crippen LogP contribution in [-0.4, -0.2) is 49.7 Å². The van der Waals surface area contributed by atoms with Gasteiger partial charge in [-0.2, -0.15) is 0 Å². The lowest BCUT2D eigenvalue weighted by Crippen LogP contribution is -2.47. The quantitative estimate of drug-likeness (QED) is 0.684. The predicted molar refractivity (Wildman–Crippen MR) is 62.4 cm³/mol. The number of carbonyl (C=O) groups is 2. The van der Waals surface area contributed by atoms with Gasteiger partial charge in [-0.3, -0.25) is 14.5 Å². The summed E-state index contributed by atoms with van der Waals surface area (Å²) < 4.78 is 9.73. The average Bonchev–Trinajstić information content (AvgIpc) is 2.37. The largest absolute Gasteiger partial charge is 0.469 e. The molecule has 0 aliphatic carbocycles. The highest BCUT2D eigenvalue weighted by molar-refractivity contribution is 5.76. The molecule has 0 amide bonds. The van der Waals surface area contributed by atoms with Crippen LogP contribution in [0, 0.1) is 5.92 Å². The van der Waals surface area contributed by atoms with Crippen LogP contribution in [0.3, 0.4) is 0 Å². The number of hydrogen-bond acceptors (Lipinski definition) is 5. The summed E-state index contributed by atoms with van der Waals surface area (Å²) in [6.07, 6.45) is 1.74. The second-order valence-electron chi connectivity index (χ2n) is 4.29. The topological polar surface area (TPSA) is 55.8 Å². The summed E-state index contributed by atoms with van der Waals surface area (Å²) in [5.74, 6) is -0.533. The minimum atomic E-state index is -0.289. The molecule has 1 aliphatic heterocycles. The first-order chi connectivity index (χ1) is 8.10. The van der Waals surface area contributed by atoms with E-state index in [1.807, 2.05) is 11.8 Å². The summed E-state index contributed by atoms with van der Waals surface area (Å²) >= 11 is 0. The fourth-order valence-electron chi connectivity index (χ4n) is 2.13. The Morgan fingerprint density at radius 1 is 1.47 bits per heavy atom. The summed E-state index contributed by atoms with van der Waals surface area (Å²) in [6, 6.07) is -0.289. The normalized spacial score (nSPS) is 22.9. The van der Waals surface area contributed by atoms with E-state index in [-0.39, 0.29) is 23.9 Å². The standard InChI is InChI=1S/C12H21NO4/c1-4-17-11(14)9(2)13-7-5-6-10(8-13)12(15)16-3/h9-10H,4-8H2,1-3H3. The van der Waals surface area contributed by atoms with Gasteiger partial charge >= 0.3 is 11.9 Å². The van der Waals surface area contributed by atoms with Gasteiger partial charge in [0.15, 0.2) is 0 Å². The van der Waals surface area contributed by atoms with Crippen LogP contribution in [-0.2, 0) is 19.1 Å². The number of nitrogens with zero attached hydrogens (tertiary/aromatic N) is 1. The zero-order valence-corrected chi connectivity index (χ0v) is 10.8. The van der Waals surface area contributed by atoms with Crippen molar-refractivity contribution in [2.75, 3.05) is 26.8 Å². The lowest BCUT2D eigenvalue weighted by atomic mass is 9.97. The SMILES string of the molecule is CCOC(=O)C(C)N1CCCC(C(=O)OC)C1. The fourth-order valence-corrected chi connectivity index (χ4v) is 2.13. The molecule has 0 aromatic heterocycles. The zero-order valence-electron chi connectivity index (χ0n) is 10.8. The lowest BCUT2D eigenvalue weighted by molar-refractivity contribution is -0.154. The Morgan fingerprint density at radius 3 is 2.76 bits per heavy atom. The number of piperidine rings is 1. The van der Waals surface area contributed by atoms with Gasteiger partial charge in [0.05, 0.1) is 19.6 Å². The van der Waals surface area contributed by atoms with Crippen molar-refractivity contribution < 1.29 is 19.1 Å². The molecule has 98 valence electrons. The number of likely N-dealkylation sites (tertiary alicyclic amines) is 1. The van der Waals surface area contributed by atoms with Crippen LogP contribution in [0.1, 0.15) is 26.7 Å². The highest BCUT2D eigenvalue weighted by atomic mass is 16.5. The molecule has 0 aromatic rings. The van der Waals surface area contributed by atoms with Gasteiger partial charge in [-0.05, 0) is 33.2 Å². The molecular weight excluding hydrogens is 222 g/mol. The maximum Gasteiger partial charge on any atom is 0.323 e. The van der Waals surface area contributed by atoms with E-state index in [0.717, 1.165) is 19.4 Å². The summed E-state index contributed by atoms with van der Waals surface area (Å²) in [5.41, 5.74) is 0. The summed E-state index contributed by atoms with van der Waals surface area (Å²) in [6.45, 7) is 5.40. The van der Waals surface area contributed by atoms with E-state index in [4.69, 9.17) is 9.47 Å². The molecule has 2 unspecified atom stereocenters. The molecule has 0 aromatic carbocycles. The first-order valence-electron chi connectivity index (χ1n) is 6.08. The van der Waals surface area contributed by atoms with Crippen molar-refractivity contribution in [3.63, 3.8) is 0 Å². The van der Waals surface area contributed by atoms with Gasteiger partial charge in [0.1, 0.15) is 6.04 Å². The molecule has 1 aliphatic rings. The molecule has 5 heteroatoms. The van der Waals surface area contributed by atoms with Crippen LogP contribution in [0.2, 0.25) is 0 Å². The van der Waals surface area contributed by atoms with Crippen LogP contribution in [0.15, 0.2) is 0 Å². The van der Waals surface area contributed by atoms with Crippen LogP contribution in [0.25, 0.3) is 0 Å². The van der Waals surface area contributed by atoms with Crippen LogP contribution >= 0.6 is 0 Å². The van der Waals surface area contributed by atoms with Crippen molar-refractivity contribution in [2.45, 2.75) is 32.7 Å². The van der Waals surface area contributed by atoms with Crippen molar-refractivity contribution in [1.29, 1.82) is 0 Å². The Labute approximate surface area is 102 Å². The van der Waals surface area contributed by atoms with E-state index in [2.05, 4.69) is 0 Å².